The quantitative estimate of drug-likeness (QED) is 0.197. The molecule has 10 aromatic rings. The first-order chi connectivity index (χ1) is 22.8. The van der Waals surface area contributed by atoms with Crippen molar-refractivity contribution in [2.45, 2.75) is 0 Å². The molecule has 0 aliphatic heterocycles. The molecule has 0 saturated carbocycles. The van der Waals surface area contributed by atoms with Gasteiger partial charge in [0, 0.05) is 62.4 Å². The fourth-order valence-corrected chi connectivity index (χ4v) is 9.74. The summed E-state index contributed by atoms with van der Waals surface area (Å²) in [6, 6.07) is 45.6. The van der Waals surface area contributed by atoms with Crippen LogP contribution in [0.3, 0.4) is 0 Å². The van der Waals surface area contributed by atoms with Crippen molar-refractivity contribution in [3.63, 3.8) is 0 Å². The first kappa shape index (κ1) is 24.8. The molecule has 0 fully saturated rings. The maximum absolute atomic E-state index is 5.24. The minimum atomic E-state index is 0.675. The van der Waals surface area contributed by atoms with Gasteiger partial charge in [-0.2, -0.15) is 0 Å². The molecule has 5 heteroatoms. The van der Waals surface area contributed by atoms with E-state index in [0.717, 1.165) is 22.1 Å². The van der Waals surface area contributed by atoms with E-state index in [1.807, 2.05) is 40.9 Å². The summed E-state index contributed by atoms with van der Waals surface area (Å²) in [7, 11) is 0. The van der Waals surface area contributed by atoms with Gasteiger partial charge in [-0.25, -0.2) is 15.0 Å². The highest BCUT2D eigenvalue weighted by Gasteiger charge is 2.25. The number of hydrogen-bond donors (Lipinski definition) is 0. The van der Waals surface area contributed by atoms with E-state index in [1.165, 1.54) is 67.6 Å². The molecule has 0 N–H and O–H groups in total. The van der Waals surface area contributed by atoms with Crippen LogP contribution >= 0.6 is 22.7 Å². The van der Waals surface area contributed by atoms with Crippen molar-refractivity contribution >= 4 is 84.6 Å². The average molecular weight is 620 g/mol. The molecule has 0 bridgehead atoms. The summed E-state index contributed by atoms with van der Waals surface area (Å²) in [4.78, 5) is 15.5. The van der Waals surface area contributed by atoms with Crippen LogP contribution in [0.5, 0.6) is 0 Å². The molecule has 0 atom stereocenters. The molecular formula is C41H21N3S2. The highest BCUT2D eigenvalue weighted by atomic mass is 32.1. The number of fused-ring (bicyclic) bond motifs is 2. The van der Waals surface area contributed by atoms with Crippen LogP contribution in [0.2, 0.25) is 0 Å². The predicted molar refractivity (Wildman–Crippen MR) is 196 cm³/mol. The fraction of sp³-hybridized carbons (Fsp3) is 0. The van der Waals surface area contributed by atoms with Gasteiger partial charge in [0.1, 0.15) is 0 Å². The highest BCUT2D eigenvalue weighted by molar-refractivity contribution is 7.27. The monoisotopic (exact) mass is 619 g/mol. The lowest BCUT2D eigenvalue weighted by Gasteiger charge is -2.12. The van der Waals surface area contributed by atoms with Crippen molar-refractivity contribution < 1.29 is 0 Å². The Morgan fingerprint density at radius 2 is 0.978 bits per heavy atom. The van der Waals surface area contributed by atoms with Crippen molar-refractivity contribution in [2.24, 2.45) is 0 Å². The van der Waals surface area contributed by atoms with E-state index in [1.54, 1.807) is 0 Å². The van der Waals surface area contributed by atoms with Gasteiger partial charge in [0.2, 0.25) is 0 Å². The summed E-state index contributed by atoms with van der Waals surface area (Å²) in [5, 5.41) is 10.3. The van der Waals surface area contributed by atoms with Crippen molar-refractivity contribution in [3.05, 3.63) is 127 Å². The van der Waals surface area contributed by atoms with E-state index in [9.17, 15) is 0 Å². The summed E-state index contributed by atoms with van der Waals surface area (Å²) in [6.45, 7) is 0. The molecule has 1 aliphatic rings. The molecule has 0 radical (unpaired) electrons. The first-order valence-corrected chi connectivity index (χ1v) is 17.0. The van der Waals surface area contributed by atoms with Crippen LogP contribution in [0.1, 0.15) is 0 Å². The number of nitrogens with zero attached hydrogens (tertiary/aromatic N) is 3. The molecule has 3 aromatic heterocycles. The van der Waals surface area contributed by atoms with Crippen molar-refractivity contribution in [3.8, 4) is 45.3 Å². The fourth-order valence-electron chi connectivity index (χ4n) is 7.42. The van der Waals surface area contributed by atoms with Gasteiger partial charge >= 0.3 is 0 Å². The van der Waals surface area contributed by atoms with Crippen LogP contribution in [-0.4, -0.2) is 15.0 Å². The Morgan fingerprint density at radius 1 is 0.348 bits per heavy atom. The second-order valence-electron chi connectivity index (χ2n) is 12.0. The number of thiophene rings is 2. The van der Waals surface area contributed by atoms with Crippen LogP contribution < -0.4 is 0 Å². The predicted octanol–water partition coefficient (Wildman–Crippen LogP) is 11.9. The molecule has 3 nitrogen and oxygen atoms in total. The highest BCUT2D eigenvalue weighted by Crippen LogP contribution is 2.54. The maximum atomic E-state index is 5.24. The molecule has 1 aliphatic carbocycles. The van der Waals surface area contributed by atoms with E-state index in [2.05, 4.69) is 109 Å². The molecule has 0 saturated heterocycles. The van der Waals surface area contributed by atoms with E-state index in [-0.39, 0.29) is 0 Å². The lowest BCUT2D eigenvalue weighted by molar-refractivity contribution is 1.08. The summed E-state index contributed by atoms with van der Waals surface area (Å²) in [6.07, 6.45) is 0. The topological polar surface area (TPSA) is 38.7 Å². The lowest BCUT2D eigenvalue weighted by Crippen LogP contribution is -2.00. The van der Waals surface area contributed by atoms with Gasteiger partial charge < -0.3 is 0 Å². The summed E-state index contributed by atoms with van der Waals surface area (Å²) in [5.41, 5.74) is 5.63. The second-order valence-corrected chi connectivity index (χ2v) is 14.1. The Labute approximate surface area is 271 Å². The van der Waals surface area contributed by atoms with E-state index >= 15 is 0 Å². The van der Waals surface area contributed by atoms with Crippen molar-refractivity contribution in [2.75, 3.05) is 0 Å². The van der Waals surface area contributed by atoms with E-state index in [4.69, 9.17) is 15.0 Å². The number of rotatable bonds is 3. The van der Waals surface area contributed by atoms with Crippen LogP contribution in [0.15, 0.2) is 127 Å². The van der Waals surface area contributed by atoms with Gasteiger partial charge in [0.15, 0.2) is 17.5 Å². The molecule has 11 rings (SSSR count). The Kier molecular flexibility index (Phi) is 4.87. The number of hydrogen-bond acceptors (Lipinski definition) is 5. The Bertz CT molecular complexity index is 2890. The van der Waals surface area contributed by atoms with Crippen molar-refractivity contribution in [1.82, 2.24) is 15.0 Å². The standard InChI is InChI=1S/C41H21N3S2/c1-2-9-23(10-3-1)39-42-40(25-17-16-22-8-4-5-11-24(22)20-25)44-41(43-39)29-21-33-38-35-27(13-7-15-31(35)46-33)26-12-6-14-30-34(26)37-32(45-30)19-18-28(29)36(37)38/h1-21H. The Balaban J connectivity index is 1.28. The van der Waals surface area contributed by atoms with Gasteiger partial charge in [0.05, 0.1) is 0 Å². The number of aromatic nitrogens is 3. The number of benzene rings is 7. The third-order valence-corrected chi connectivity index (χ3v) is 11.6. The van der Waals surface area contributed by atoms with E-state index < -0.39 is 0 Å². The molecule has 212 valence electrons. The van der Waals surface area contributed by atoms with Gasteiger partial charge in [-0.3, -0.25) is 0 Å². The van der Waals surface area contributed by atoms with E-state index in [0.29, 0.717) is 17.5 Å². The Morgan fingerprint density at radius 3 is 1.76 bits per heavy atom. The molecular weight excluding hydrogens is 599 g/mol. The Hall–Kier alpha value is -5.49. The van der Waals surface area contributed by atoms with Gasteiger partial charge in [-0.1, -0.05) is 97.1 Å². The van der Waals surface area contributed by atoms with Crippen LogP contribution in [0, 0.1) is 0 Å². The molecule has 0 amide bonds. The smallest absolute Gasteiger partial charge is 0.164 e. The van der Waals surface area contributed by atoms with Crippen LogP contribution in [0.25, 0.3) is 107 Å². The molecule has 0 unspecified atom stereocenters. The second kappa shape index (κ2) is 9.04. The summed E-state index contributed by atoms with van der Waals surface area (Å²) >= 11 is 3.75. The molecule has 7 aromatic carbocycles. The van der Waals surface area contributed by atoms with Crippen LogP contribution in [-0.2, 0) is 0 Å². The maximum Gasteiger partial charge on any atom is 0.164 e. The zero-order valence-corrected chi connectivity index (χ0v) is 25.9. The van der Waals surface area contributed by atoms with Crippen LogP contribution in [0.4, 0.5) is 0 Å². The molecule has 3 heterocycles. The largest absolute Gasteiger partial charge is 0.208 e. The lowest BCUT2D eigenvalue weighted by atomic mass is 9.96. The summed E-state index contributed by atoms with van der Waals surface area (Å²) in [5.74, 6) is 2.05. The minimum absolute atomic E-state index is 0.675. The zero-order chi connectivity index (χ0) is 29.9. The normalized spacial score (nSPS) is 12.3. The first-order valence-electron chi connectivity index (χ1n) is 15.4. The van der Waals surface area contributed by atoms with Gasteiger partial charge in [-0.15, -0.1) is 22.7 Å². The third-order valence-electron chi connectivity index (χ3n) is 9.43. The van der Waals surface area contributed by atoms with Gasteiger partial charge in [0.25, 0.3) is 0 Å². The zero-order valence-electron chi connectivity index (χ0n) is 24.3. The summed E-state index contributed by atoms with van der Waals surface area (Å²) < 4.78 is 5.22. The molecule has 46 heavy (non-hydrogen) atoms. The SMILES string of the molecule is c1ccc(-c2nc(-c3ccc4ccccc4c3)nc(-c3cc4sc5cccc6c5c4c4c3ccc3sc5cccc-6c5c34)n2)cc1. The average Bonchev–Trinajstić information content (AvgIpc) is 3.65. The third kappa shape index (κ3) is 3.33. The van der Waals surface area contributed by atoms with Crippen molar-refractivity contribution in [1.29, 1.82) is 0 Å². The van der Waals surface area contributed by atoms with Gasteiger partial charge in [-0.05, 0) is 57.6 Å². The molecule has 0 spiro atoms. The minimum Gasteiger partial charge on any atom is -0.208 e.